The summed E-state index contributed by atoms with van der Waals surface area (Å²) in [4.78, 5) is 2.34. The molecule has 0 saturated heterocycles. The summed E-state index contributed by atoms with van der Waals surface area (Å²) in [5, 5.41) is 2.78. The fourth-order valence-corrected chi connectivity index (χ4v) is 9.31. The van der Waals surface area contributed by atoms with Gasteiger partial charge in [0.15, 0.2) is 7.14 Å². The molecule has 0 amide bonds. The molecule has 0 bridgehead atoms. The van der Waals surface area contributed by atoms with E-state index in [2.05, 4.69) is 106 Å². The number of aryl methyl sites for hydroxylation is 2. The zero-order chi connectivity index (χ0) is 27.7. The molecular formula is C35H40N2OP+. The Balaban J connectivity index is 1.96. The van der Waals surface area contributed by atoms with Crippen molar-refractivity contribution in [3.63, 3.8) is 0 Å². The molecule has 1 aliphatic heterocycles. The minimum Gasteiger partial charge on any atom is -0.372 e. The van der Waals surface area contributed by atoms with E-state index in [0.29, 0.717) is 0 Å². The van der Waals surface area contributed by atoms with Crippen molar-refractivity contribution >= 4 is 34.7 Å². The molecule has 0 aromatic heterocycles. The maximum absolute atomic E-state index is 15.9. The van der Waals surface area contributed by atoms with E-state index in [1.807, 2.05) is 30.3 Å². The Morgan fingerprint density at radius 3 is 2.08 bits per heavy atom. The first-order valence-corrected chi connectivity index (χ1v) is 16.0. The van der Waals surface area contributed by atoms with E-state index >= 15 is 4.57 Å². The molecule has 39 heavy (non-hydrogen) atoms. The van der Waals surface area contributed by atoms with Gasteiger partial charge in [-0.05, 0) is 93.2 Å². The Labute approximate surface area is 234 Å². The third-order valence-electron chi connectivity index (χ3n) is 8.29. The highest BCUT2D eigenvalue weighted by Crippen LogP contribution is 2.62. The molecule has 1 aliphatic carbocycles. The first-order valence-electron chi connectivity index (χ1n) is 14.3. The summed E-state index contributed by atoms with van der Waals surface area (Å²) in [5.74, 6) is 0. The van der Waals surface area contributed by atoms with E-state index < -0.39 is 7.14 Å². The zero-order valence-electron chi connectivity index (χ0n) is 24.2. The Morgan fingerprint density at radius 2 is 1.46 bits per heavy atom. The van der Waals surface area contributed by atoms with E-state index in [1.165, 1.54) is 22.3 Å². The van der Waals surface area contributed by atoms with Crippen LogP contribution >= 0.6 is 7.14 Å². The van der Waals surface area contributed by atoms with Crippen LogP contribution < -0.4 is 15.5 Å². The monoisotopic (exact) mass is 535 g/mol. The largest absolute Gasteiger partial charge is 0.372 e. The van der Waals surface area contributed by atoms with Crippen molar-refractivity contribution in [2.75, 3.05) is 31.1 Å². The quantitative estimate of drug-likeness (QED) is 0.235. The Morgan fingerprint density at radius 1 is 0.795 bits per heavy atom. The van der Waals surface area contributed by atoms with Crippen LogP contribution in [0.4, 0.5) is 5.69 Å². The second-order valence-electron chi connectivity index (χ2n) is 10.3. The smallest absolute Gasteiger partial charge is 0.200 e. The van der Waals surface area contributed by atoms with Gasteiger partial charge in [0.2, 0.25) is 5.71 Å². The van der Waals surface area contributed by atoms with Crippen molar-refractivity contribution in [2.45, 2.75) is 41.5 Å². The minimum atomic E-state index is -3.18. The topological polar surface area (TPSA) is 23.3 Å². The van der Waals surface area contributed by atoms with Gasteiger partial charge in [0.25, 0.3) is 0 Å². The molecular weight excluding hydrogens is 495 g/mol. The summed E-state index contributed by atoms with van der Waals surface area (Å²) in [6.45, 7) is 16.7. The molecule has 4 heteroatoms. The molecule has 1 unspecified atom stereocenters. The number of hydrogen-bond donors (Lipinski definition) is 0. The lowest BCUT2D eigenvalue weighted by atomic mass is 9.85. The average molecular weight is 536 g/mol. The number of benzene rings is 3. The zero-order valence-corrected chi connectivity index (χ0v) is 25.1. The standard InChI is InChI=1S/C35H40N2OP/c1-7-36(8-2)27-19-21-30-32(23-27)39(38,29-17-12-11-13-18-29)33-24-28(37(9-3)10-4)20-22-31(33)35(30)34-25(5)15-14-16-26(34)6/h11-24H,7-10H2,1-6H3/q+1. The summed E-state index contributed by atoms with van der Waals surface area (Å²) < 4.78 is 18.2. The second-order valence-corrected chi connectivity index (χ2v) is 13.0. The number of anilines is 1. The lowest BCUT2D eigenvalue weighted by Crippen LogP contribution is -2.30. The van der Waals surface area contributed by atoms with Crippen LogP contribution in [-0.4, -0.2) is 36.5 Å². The molecule has 2 aliphatic rings. The van der Waals surface area contributed by atoms with Crippen molar-refractivity contribution in [1.29, 1.82) is 0 Å². The van der Waals surface area contributed by atoms with Gasteiger partial charge in [-0.25, -0.2) is 4.58 Å². The van der Waals surface area contributed by atoms with Crippen LogP contribution in [0, 0.1) is 13.8 Å². The van der Waals surface area contributed by atoms with Gasteiger partial charge in [-0.2, -0.15) is 0 Å². The van der Waals surface area contributed by atoms with Gasteiger partial charge >= 0.3 is 0 Å². The molecule has 1 atom stereocenters. The lowest BCUT2D eigenvalue weighted by molar-refractivity contribution is -0.519. The molecule has 3 aromatic rings. The van der Waals surface area contributed by atoms with Crippen LogP contribution in [0.2, 0.25) is 0 Å². The van der Waals surface area contributed by atoms with Gasteiger partial charge < -0.3 is 9.46 Å². The predicted octanol–water partition coefficient (Wildman–Crippen LogP) is 7.23. The van der Waals surface area contributed by atoms with Crippen LogP contribution in [-0.2, 0) is 4.57 Å². The van der Waals surface area contributed by atoms with Crippen molar-refractivity contribution in [1.82, 2.24) is 0 Å². The van der Waals surface area contributed by atoms with E-state index in [9.17, 15) is 0 Å². The molecule has 1 heterocycles. The van der Waals surface area contributed by atoms with Gasteiger partial charge in [0.05, 0.1) is 0 Å². The van der Waals surface area contributed by atoms with Gasteiger partial charge in [-0.3, -0.25) is 0 Å². The first-order chi connectivity index (χ1) is 18.9. The summed E-state index contributed by atoms with van der Waals surface area (Å²) in [6, 6.07) is 23.3. The fraction of sp³-hybridized carbons (Fsp3) is 0.286. The molecule has 0 fully saturated rings. The van der Waals surface area contributed by atoms with Crippen LogP contribution in [0.3, 0.4) is 0 Å². The Hall–Kier alpha value is -3.42. The van der Waals surface area contributed by atoms with Crippen LogP contribution in [0.25, 0.3) is 5.57 Å². The summed E-state index contributed by atoms with van der Waals surface area (Å²) in [7, 11) is -3.18. The third-order valence-corrected chi connectivity index (χ3v) is 11.4. The van der Waals surface area contributed by atoms with Gasteiger partial charge in [0, 0.05) is 46.9 Å². The SMILES string of the molecule is CCN(CC)c1ccc2c(c1)P(=O)(c1ccccc1)C1=CC(=[N+](CC)CC)C=CC1=C2c1c(C)cccc1C. The predicted molar refractivity (Wildman–Crippen MR) is 169 cm³/mol. The highest BCUT2D eigenvalue weighted by atomic mass is 31.2. The van der Waals surface area contributed by atoms with Crippen molar-refractivity contribution in [2.24, 2.45) is 0 Å². The van der Waals surface area contributed by atoms with E-state index in [1.54, 1.807) is 0 Å². The third kappa shape index (κ3) is 4.47. The van der Waals surface area contributed by atoms with Gasteiger partial charge in [-0.15, -0.1) is 0 Å². The van der Waals surface area contributed by atoms with Crippen LogP contribution in [0.1, 0.15) is 49.9 Å². The van der Waals surface area contributed by atoms with E-state index in [0.717, 1.165) is 64.6 Å². The number of fused-ring (bicyclic) bond motifs is 2. The minimum absolute atomic E-state index is 0.890. The summed E-state index contributed by atoms with van der Waals surface area (Å²) >= 11 is 0. The molecule has 3 nitrogen and oxygen atoms in total. The molecule has 3 aromatic carbocycles. The molecule has 0 spiro atoms. The maximum atomic E-state index is 15.9. The van der Waals surface area contributed by atoms with Crippen LogP contribution in [0.5, 0.6) is 0 Å². The van der Waals surface area contributed by atoms with Crippen molar-refractivity contribution < 1.29 is 9.14 Å². The van der Waals surface area contributed by atoms with Crippen molar-refractivity contribution in [3.05, 3.63) is 118 Å². The molecule has 5 rings (SSSR count). The highest BCUT2D eigenvalue weighted by molar-refractivity contribution is 7.83. The average Bonchev–Trinajstić information content (AvgIpc) is 2.96. The molecule has 0 N–H and O–H groups in total. The lowest BCUT2D eigenvalue weighted by Gasteiger charge is -2.35. The fourth-order valence-electron chi connectivity index (χ4n) is 6.22. The summed E-state index contributed by atoms with van der Waals surface area (Å²) in [6.07, 6.45) is 6.65. The number of rotatable bonds is 7. The van der Waals surface area contributed by atoms with Gasteiger partial charge in [-0.1, -0.05) is 54.6 Å². The molecule has 0 saturated carbocycles. The first kappa shape index (κ1) is 27.2. The highest BCUT2D eigenvalue weighted by Gasteiger charge is 2.43. The second kappa shape index (κ2) is 11.0. The number of nitrogens with zero attached hydrogens (tertiary/aromatic N) is 2. The normalized spacial score (nSPS) is 18.0. The van der Waals surface area contributed by atoms with Crippen LogP contribution in [0.15, 0.2) is 95.8 Å². The maximum Gasteiger partial charge on any atom is 0.200 e. The number of allylic oxidation sites excluding steroid dienone is 5. The van der Waals surface area contributed by atoms with E-state index in [-0.39, 0.29) is 0 Å². The van der Waals surface area contributed by atoms with Crippen molar-refractivity contribution in [3.8, 4) is 0 Å². The van der Waals surface area contributed by atoms with E-state index in [4.69, 9.17) is 0 Å². The Kier molecular flexibility index (Phi) is 7.65. The van der Waals surface area contributed by atoms with Gasteiger partial charge in [0.1, 0.15) is 13.1 Å². The molecule has 0 radical (unpaired) electrons. The summed E-state index contributed by atoms with van der Waals surface area (Å²) in [5.41, 5.74) is 9.31. The number of hydrogen-bond acceptors (Lipinski definition) is 2. The molecule has 200 valence electrons. The Bertz CT molecular complexity index is 1560.